The van der Waals surface area contributed by atoms with Gasteiger partial charge in [-0.25, -0.2) is 13.8 Å². The normalized spacial score (nSPS) is 13.3. The summed E-state index contributed by atoms with van der Waals surface area (Å²) in [6.45, 7) is -0.366. The number of nitrogens with zero attached hydrogens (tertiary/aromatic N) is 4. The maximum atomic E-state index is 13.0. The smallest absolute Gasteiger partial charge is 0.387 e. The molecule has 0 radical (unpaired) electrons. The monoisotopic (exact) mass is 373 g/mol. The minimum absolute atomic E-state index is 0.0198. The number of anilines is 1. The van der Waals surface area contributed by atoms with Crippen molar-refractivity contribution in [3.05, 3.63) is 53.5 Å². The summed E-state index contributed by atoms with van der Waals surface area (Å²) in [5.74, 6) is -0.0816. The van der Waals surface area contributed by atoms with Gasteiger partial charge >= 0.3 is 6.18 Å². The van der Waals surface area contributed by atoms with E-state index in [-0.39, 0.29) is 23.7 Å². The number of fused-ring (bicyclic) bond motifs is 1. The lowest BCUT2D eigenvalue weighted by molar-refractivity contribution is -0.139. The zero-order chi connectivity index (χ0) is 18.9. The van der Waals surface area contributed by atoms with Gasteiger partial charge in [0.15, 0.2) is 0 Å². The summed E-state index contributed by atoms with van der Waals surface area (Å²) in [5.41, 5.74) is -1.87. The van der Waals surface area contributed by atoms with Crippen LogP contribution in [0.2, 0.25) is 0 Å². The summed E-state index contributed by atoms with van der Waals surface area (Å²) in [6, 6.07) is 5.58. The fraction of sp³-hybridized carbons (Fsp3) is 0.267. The molecule has 3 rings (SSSR count). The van der Waals surface area contributed by atoms with Gasteiger partial charge in [0.2, 0.25) is 0 Å². The van der Waals surface area contributed by atoms with Crippen molar-refractivity contribution in [3.8, 4) is 0 Å². The van der Waals surface area contributed by atoms with Crippen LogP contribution in [0.3, 0.4) is 0 Å². The van der Waals surface area contributed by atoms with Gasteiger partial charge in [0.1, 0.15) is 17.8 Å². The first-order valence-corrected chi connectivity index (χ1v) is 7.34. The van der Waals surface area contributed by atoms with E-state index in [2.05, 4.69) is 20.4 Å². The second-order valence-corrected chi connectivity index (χ2v) is 5.32. The minimum Gasteiger partial charge on any atom is -0.387 e. The molecule has 0 spiro atoms. The van der Waals surface area contributed by atoms with Gasteiger partial charge < -0.3 is 10.4 Å². The molecule has 0 aliphatic rings. The molecule has 26 heavy (non-hydrogen) atoms. The second kappa shape index (κ2) is 6.83. The average Bonchev–Trinajstić information content (AvgIpc) is 3.07. The molecule has 1 aromatic carbocycles. The number of halogens is 5. The largest absolute Gasteiger partial charge is 0.416 e. The summed E-state index contributed by atoms with van der Waals surface area (Å²) < 4.78 is 66.0. The first-order valence-electron chi connectivity index (χ1n) is 7.34. The van der Waals surface area contributed by atoms with Crippen LogP contribution in [-0.2, 0) is 6.18 Å². The number of hydrogen-bond donors (Lipinski definition) is 2. The van der Waals surface area contributed by atoms with Crippen LogP contribution in [0.5, 0.6) is 0 Å². The van der Waals surface area contributed by atoms with E-state index >= 15 is 0 Å². The van der Waals surface area contributed by atoms with Crippen LogP contribution in [0.1, 0.15) is 29.4 Å². The van der Waals surface area contributed by atoms with E-state index < -0.39 is 30.0 Å². The SMILES string of the molecule is OC(CNc1cc(C(F)F)nc2ncnn12)c1ccccc1C(F)(F)F. The maximum Gasteiger partial charge on any atom is 0.416 e. The zero-order valence-electron chi connectivity index (χ0n) is 13.0. The highest BCUT2D eigenvalue weighted by Gasteiger charge is 2.34. The van der Waals surface area contributed by atoms with Crippen LogP contribution < -0.4 is 5.32 Å². The molecular weight excluding hydrogens is 361 g/mol. The van der Waals surface area contributed by atoms with Gasteiger partial charge in [-0.15, -0.1) is 0 Å². The molecule has 0 bridgehead atoms. The van der Waals surface area contributed by atoms with Crippen molar-refractivity contribution in [1.29, 1.82) is 0 Å². The van der Waals surface area contributed by atoms with Crippen molar-refractivity contribution in [2.45, 2.75) is 18.7 Å². The lowest BCUT2D eigenvalue weighted by Gasteiger charge is -2.18. The molecule has 0 aliphatic carbocycles. The van der Waals surface area contributed by atoms with Gasteiger partial charge in [0, 0.05) is 12.6 Å². The molecule has 3 aromatic rings. The zero-order valence-corrected chi connectivity index (χ0v) is 13.0. The van der Waals surface area contributed by atoms with E-state index in [1.54, 1.807) is 0 Å². The summed E-state index contributed by atoms with van der Waals surface area (Å²) in [4.78, 5) is 7.33. The number of alkyl halides is 5. The van der Waals surface area contributed by atoms with Crippen molar-refractivity contribution in [2.75, 3.05) is 11.9 Å². The van der Waals surface area contributed by atoms with Crippen LogP contribution in [0, 0.1) is 0 Å². The van der Waals surface area contributed by atoms with Gasteiger partial charge in [-0.05, 0) is 11.6 Å². The second-order valence-electron chi connectivity index (χ2n) is 5.32. The molecule has 2 aromatic heterocycles. The molecule has 1 atom stereocenters. The lowest BCUT2D eigenvalue weighted by Crippen LogP contribution is -2.19. The number of aliphatic hydroxyl groups is 1. The highest BCUT2D eigenvalue weighted by molar-refractivity contribution is 5.45. The summed E-state index contributed by atoms with van der Waals surface area (Å²) >= 11 is 0. The van der Waals surface area contributed by atoms with Crippen molar-refractivity contribution >= 4 is 11.6 Å². The third kappa shape index (κ3) is 3.57. The van der Waals surface area contributed by atoms with Gasteiger partial charge in [-0.1, -0.05) is 18.2 Å². The van der Waals surface area contributed by atoms with E-state index in [9.17, 15) is 27.1 Å². The molecule has 6 nitrogen and oxygen atoms in total. The first kappa shape index (κ1) is 18.0. The number of nitrogens with one attached hydrogen (secondary N) is 1. The Bertz CT molecular complexity index is 911. The van der Waals surface area contributed by atoms with Gasteiger partial charge in [0.05, 0.1) is 11.7 Å². The van der Waals surface area contributed by atoms with Crippen molar-refractivity contribution in [1.82, 2.24) is 19.6 Å². The lowest BCUT2D eigenvalue weighted by atomic mass is 10.0. The van der Waals surface area contributed by atoms with Crippen molar-refractivity contribution < 1.29 is 27.1 Å². The Hall–Kier alpha value is -2.82. The predicted octanol–water partition coefficient (Wildman–Crippen LogP) is 3.23. The highest BCUT2D eigenvalue weighted by atomic mass is 19.4. The molecule has 1 unspecified atom stereocenters. The number of aliphatic hydroxyl groups excluding tert-OH is 1. The van der Waals surface area contributed by atoms with Gasteiger partial charge in [0.25, 0.3) is 12.2 Å². The maximum absolute atomic E-state index is 13.0. The van der Waals surface area contributed by atoms with Gasteiger partial charge in [-0.3, -0.25) is 0 Å². The number of aromatic nitrogens is 4. The number of benzene rings is 1. The topological polar surface area (TPSA) is 75.3 Å². The van der Waals surface area contributed by atoms with Crippen LogP contribution in [0.15, 0.2) is 36.7 Å². The van der Waals surface area contributed by atoms with Crippen LogP contribution >= 0.6 is 0 Å². The summed E-state index contributed by atoms with van der Waals surface area (Å²) in [7, 11) is 0. The Morgan fingerprint density at radius 1 is 1.19 bits per heavy atom. The standard InChI is InChI=1S/C15H12F5N5O/c16-13(17)10-5-12(25-14(24-10)22-7-23-25)21-6-11(26)8-3-1-2-4-9(8)15(18,19)20/h1-5,7,11,13,21,26H,6H2. The molecule has 0 amide bonds. The van der Waals surface area contributed by atoms with E-state index in [4.69, 9.17) is 0 Å². The summed E-state index contributed by atoms with van der Waals surface area (Å²) in [5, 5.41) is 16.6. The molecule has 2 N–H and O–H groups in total. The fourth-order valence-corrected chi connectivity index (χ4v) is 2.43. The number of hydrogen-bond acceptors (Lipinski definition) is 5. The average molecular weight is 373 g/mol. The quantitative estimate of drug-likeness (QED) is 0.672. The Morgan fingerprint density at radius 3 is 2.62 bits per heavy atom. The molecule has 0 fully saturated rings. The Kier molecular flexibility index (Phi) is 4.72. The minimum atomic E-state index is -4.63. The molecule has 0 saturated carbocycles. The van der Waals surface area contributed by atoms with Crippen molar-refractivity contribution in [3.63, 3.8) is 0 Å². The molecule has 0 aliphatic heterocycles. The molecular formula is C15H12F5N5O. The molecule has 2 heterocycles. The van der Waals surface area contributed by atoms with Gasteiger partial charge in [-0.2, -0.15) is 27.8 Å². The van der Waals surface area contributed by atoms with E-state index in [0.29, 0.717) is 0 Å². The third-order valence-corrected chi connectivity index (χ3v) is 3.60. The Balaban J connectivity index is 1.86. The van der Waals surface area contributed by atoms with Crippen LogP contribution in [0.25, 0.3) is 5.78 Å². The fourth-order valence-electron chi connectivity index (χ4n) is 2.43. The van der Waals surface area contributed by atoms with Crippen LogP contribution in [0.4, 0.5) is 27.8 Å². The summed E-state index contributed by atoms with van der Waals surface area (Å²) in [6.07, 6.45) is -7.93. The van der Waals surface area contributed by atoms with E-state index in [1.165, 1.54) is 12.1 Å². The van der Waals surface area contributed by atoms with E-state index in [1.807, 2.05) is 0 Å². The Labute approximate surface area is 143 Å². The molecule has 11 heteroatoms. The molecule has 0 saturated heterocycles. The first-order chi connectivity index (χ1) is 12.3. The van der Waals surface area contributed by atoms with Crippen LogP contribution in [-0.4, -0.2) is 31.2 Å². The Morgan fingerprint density at radius 2 is 1.92 bits per heavy atom. The number of rotatable bonds is 5. The predicted molar refractivity (Wildman–Crippen MR) is 80.6 cm³/mol. The van der Waals surface area contributed by atoms with E-state index in [0.717, 1.165) is 29.0 Å². The molecule has 138 valence electrons. The van der Waals surface area contributed by atoms with Crippen molar-refractivity contribution in [2.24, 2.45) is 0 Å². The highest BCUT2D eigenvalue weighted by Crippen LogP contribution is 2.34. The third-order valence-electron chi connectivity index (χ3n) is 3.60.